The molecule has 0 fully saturated rings. The molecule has 1 aromatic heterocycles. The van der Waals surface area contributed by atoms with Crippen molar-refractivity contribution in [1.29, 1.82) is 0 Å². The van der Waals surface area contributed by atoms with Gasteiger partial charge in [0.25, 0.3) is 0 Å². The van der Waals surface area contributed by atoms with Crippen molar-refractivity contribution in [2.24, 2.45) is 7.05 Å². The van der Waals surface area contributed by atoms with Crippen molar-refractivity contribution >= 4 is 23.6 Å². The number of aromatic nitrogens is 1. The zero-order chi connectivity index (χ0) is 12.4. The van der Waals surface area contributed by atoms with Crippen LogP contribution in [0.3, 0.4) is 0 Å². The summed E-state index contributed by atoms with van der Waals surface area (Å²) in [6.07, 6.45) is 0. The molecule has 0 bridgehead atoms. The summed E-state index contributed by atoms with van der Waals surface area (Å²) in [6, 6.07) is 5.73. The third kappa shape index (κ3) is 2.21. The van der Waals surface area contributed by atoms with E-state index in [1.807, 2.05) is 35.2 Å². The molecule has 17 heavy (non-hydrogen) atoms. The summed E-state index contributed by atoms with van der Waals surface area (Å²) >= 11 is 6.76. The third-order valence-corrected chi connectivity index (χ3v) is 3.97. The van der Waals surface area contributed by atoms with Gasteiger partial charge < -0.3 is 14.0 Å². The van der Waals surface area contributed by atoms with Crippen LogP contribution in [-0.2, 0) is 7.05 Å². The highest BCUT2D eigenvalue weighted by Gasteiger charge is 2.11. The lowest BCUT2D eigenvalue weighted by atomic mass is 10.1. The Morgan fingerprint density at radius 2 is 2.00 bits per heavy atom. The zero-order valence-electron chi connectivity index (χ0n) is 9.89. The minimum atomic E-state index is 0.804. The average molecular weight is 267 g/mol. The van der Waals surface area contributed by atoms with E-state index in [1.54, 1.807) is 14.2 Å². The smallest absolute Gasteiger partial charge is 0.161 e. The number of thiazole rings is 1. The summed E-state index contributed by atoms with van der Waals surface area (Å²) in [5, 5.41) is 2.03. The van der Waals surface area contributed by atoms with Gasteiger partial charge in [0, 0.05) is 18.0 Å². The first-order chi connectivity index (χ1) is 8.17. The molecule has 90 valence electrons. The van der Waals surface area contributed by atoms with Gasteiger partial charge in [-0.1, -0.05) is 0 Å². The summed E-state index contributed by atoms with van der Waals surface area (Å²) in [5.41, 5.74) is 2.03. The lowest BCUT2D eigenvalue weighted by Crippen LogP contribution is -1.95. The standard InChI is InChI=1S/C12H13NO2S2/c1-13-10(7-17-12(13)16)9-6-8(14-2)4-5-11(9)15-3/h4-7H,1-3H3. The Hall–Kier alpha value is -1.33. The van der Waals surface area contributed by atoms with Gasteiger partial charge in [0.05, 0.1) is 19.9 Å². The lowest BCUT2D eigenvalue weighted by molar-refractivity contribution is 0.404. The van der Waals surface area contributed by atoms with E-state index in [0.717, 1.165) is 26.7 Å². The van der Waals surface area contributed by atoms with Crippen molar-refractivity contribution in [2.45, 2.75) is 0 Å². The number of benzene rings is 1. The van der Waals surface area contributed by atoms with Gasteiger partial charge in [-0.25, -0.2) is 0 Å². The summed E-state index contributed by atoms with van der Waals surface area (Å²) in [4.78, 5) is 0. The number of methoxy groups -OCH3 is 2. The first kappa shape index (κ1) is 12.1. The molecule has 0 aliphatic heterocycles. The summed E-state index contributed by atoms with van der Waals surface area (Å²) in [7, 11) is 5.26. The van der Waals surface area contributed by atoms with Gasteiger partial charge in [-0.3, -0.25) is 0 Å². The molecule has 0 N–H and O–H groups in total. The van der Waals surface area contributed by atoms with Crippen molar-refractivity contribution in [3.63, 3.8) is 0 Å². The van der Waals surface area contributed by atoms with Gasteiger partial charge in [-0.2, -0.15) is 0 Å². The van der Waals surface area contributed by atoms with Gasteiger partial charge in [0.15, 0.2) is 3.95 Å². The van der Waals surface area contributed by atoms with Crippen LogP contribution in [0.2, 0.25) is 0 Å². The minimum absolute atomic E-state index is 0.804. The highest BCUT2D eigenvalue weighted by Crippen LogP contribution is 2.34. The number of hydrogen-bond acceptors (Lipinski definition) is 4. The molecule has 0 saturated heterocycles. The zero-order valence-corrected chi connectivity index (χ0v) is 11.5. The van der Waals surface area contributed by atoms with Crippen LogP contribution in [-0.4, -0.2) is 18.8 Å². The van der Waals surface area contributed by atoms with E-state index in [9.17, 15) is 0 Å². The number of hydrogen-bond donors (Lipinski definition) is 0. The molecule has 5 heteroatoms. The number of nitrogens with zero attached hydrogens (tertiary/aromatic N) is 1. The van der Waals surface area contributed by atoms with Gasteiger partial charge >= 0.3 is 0 Å². The lowest BCUT2D eigenvalue weighted by Gasteiger charge is -2.10. The molecule has 0 amide bonds. The van der Waals surface area contributed by atoms with Crippen molar-refractivity contribution in [3.8, 4) is 22.8 Å². The Balaban J connectivity index is 2.64. The first-order valence-electron chi connectivity index (χ1n) is 5.04. The number of ether oxygens (including phenoxy) is 2. The van der Waals surface area contributed by atoms with Crippen molar-refractivity contribution < 1.29 is 9.47 Å². The van der Waals surface area contributed by atoms with Crippen molar-refractivity contribution in [1.82, 2.24) is 4.57 Å². The fourth-order valence-corrected chi connectivity index (χ4v) is 2.62. The normalized spacial score (nSPS) is 10.3. The van der Waals surface area contributed by atoms with Crippen LogP contribution in [0.15, 0.2) is 23.6 Å². The monoisotopic (exact) mass is 267 g/mol. The SMILES string of the molecule is COc1ccc(OC)c(-c2csc(=S)n2C)c1. The van der Waals surface area contributed by atoms with Crippen molar-refractivity contribution in [2.75, 3.05) is 14.2 Å². The van der Waals surface area contributed by atoms with Crippen LogP contribution in [0.4, 0.5) is 0 Å². The minimum Gasteiger partial charge on any atom is -0.497 e. The van der Waals surface area contributed by atoms with Gasteiger partial charge in [0.1, 0.15) is 11.5 Å². The summed E-state index contributed by atoms with van der Waals surface area (Å²) < 4.78 is 13.4. The molecule has 0 unspecified atom stereocenters. The maximum absolute atomic E-state index is 5.37. The van der Waals surface area contributed by atoms with Crippen LogP contribution in [0.25, 0.3) is 11.3 Å². The molecule has 3 nitrogen and oxygen atoms in total. The first-order valence-corrected chi connectivity index (χ1v) is 6.33. The maximum atomic E-state index is 5.37. The molecule has 2 aromatic rings. The Kier molecular flexibility index (Phi) is 3.49. The van der Waals surface area contributed by atoms with E-state index >= 15 is 0 Å². The van der Waals surface area contributed by atoms with Crippen molar-refractivity contribution in [3.05, 3.63) is 27.5 Å². The molecule has 0 radical (unpaired) electrons. The largest absolute Gasteiger partial charge is 0.497 e. The topological polar surface area (TPSA) is 23.4 Å². The van der Waals surface area contributed by atoms with E-state index < -0.39 is 0 Å². The Morgan fingerprint density at radius 1 is 1.24 bits per heavy atom. The Morgan fingerprint density at radius 3 is 2.53 bits per heavy atom. The number of rotatable bonds is 3. The van der Waals surface area contributed by atoms with E-state index in [2.05, 4.69) is 0 Å². The van der Waals surface area contributed by atoms with Crippen LogP contribution in [0, 0.1) is 3.95 Å². The third-order valence-electron chi connectivity index (χ3n) is 2.59. The maximum Gasteiger partial charge on any atom is 0.161 e. The predicted octanol–water partition coefficient (Wildman–Crippen LogP) is 3.50. The Bertz CT molecular complexity index is 586. The second-order valence-corrected chi connectivity index (χ2v) is 5.02. The molecule has 0 aliphatic rings. The quantitative estimate of drug-likeness (QED) is 0.795. The fraction of sp³-hybridized carbons (Fsp3) is 0.250. The van der Waals surface area contributed by atoms with E-state index in [4.69, 9.17) is 21.7 Å². The second kappa shape index (κ2) is 4.89. The van der Waals surface area contributed by atoms with Crippen LogP contribution >= 0.6 is 23.6 Å². The summed E-state index contributed by atoms with van der Waals surface area (Å²) in [6.45, 7) is 0. The van der Waals surface area contributed by atoms with E-state index in [1.165, 1.54) is 11.3 Å². The summed E-state index contributed by atoms with van der Waals surface area (Å²) in [5.74, 6) is 1.62. The molecule has 2 rings (SSSR count). The van der Waals surface area contributed by atoms with Gasteiger partial charge in [-0.05, 0) is 30.4 Å². The highest BCUT2D eigenvalue weighted by atomic mass is 32.1. The molecule has 0 atom stereocenters. The molecule has 1 aromatic carbocycles. The second-order valence-electron chi connectivity index (χ2n) is 3.51. The average Bonchev–Trinajstić information content (AvgIpc) is 2.69. The fourth-order valence-electron chi connectivity index (χ4n) is 1.62. The van der Waals surface area contributed by atoms with Gasteiger partial charge in [0.2, 0.25) is 0 Å². The van der Waals surface area contributed by atoms with Crippen LogP contribution < -0.4 is 9.47 Å². The van der Waals surface area contributed by atoms with Crippen LogP contribution in [0.1, 0.15) is 0 Å². The van der Waals surface area contributed by atoms with Crippen LogP contribution in [0.5, 0.6) is 11.5 Å². The molecular weight excluding hydrogens is 254 g/mol. The highest BCUT2D eigenvalue weighted by molar-refractivity contribution is 7.73. The van der Waals surface area contributed by atoms with Gasteiger partial charge in [-0.15, -0.1) is 11.3 Å². The molecule has 1 heterocycles. The molecule has 0 saturated carbocycles. The molecule has 0 aliphatic carbocycles. The predicted molar refractivity (Wildman–Crippen MR) is 72.7 cm³/mol. The van der Waals surface area contributed by atoms with E-state index in [-0.39, 0.29) is 0 Å². The Labute approximate surface area is 109 Å². The molecule has 0 spiro atoms. The molecular formula is C12H13NO2S2. The van der Waals surface area contributed by atoms with E-state index in [0.29, 0.717) is 0 Å².